The van der Waals surface area contributed by atoms with Gasteiger partial charge in [0.15, 0.2) is 0 Å². The lowest BCUT2D eigenvalue weighted by molar-refractivity contribution is 0.475. The Hall–Kier alpha value is -2.02. The van der Waals surface area contributed by atoms with Crippen molar-refractivity contribution < 1.29 is 5.11 Å². The van der Waals surface area contributed by atoms with Gasteiger partial charge in [-0.2, -0.15) is 0 Å². The monoisotopic (exact) mass is 250 g/mol. The van der Waals surface area contributed by atoms with Gasteiger partial charge in [-0.05, 0) is 60.2 Å². The number of hydrogen-bond acceptors (Lipinski definition) is 1. The van der Waals surface area contributed by atoms with Crippen LogP contribution in [0.5, 0.6) is 5.75 Å². The lowest BCUT2D eigenvalue weighted by atomic mass is 9.94. The second-order valence-corrected chi connectivity index (χ2v) is 5.49. The van der Waals surface area contributed by atoms with E-state index < -0.39 is 0 Å². The number of aromatic hydroxyl groups is 1. The van der Waals surface area contributed by atoms with E-state index in [4.69, 9.17) is 0 Å². The Balaban J connectivity index is 2.03. The van der Waals surface area contributed by atoms with E-state index in [9.17, 15) is 5.11 Å². The molecule has 1 fully saturated rings. The second-order valence-electron chi connectivity index (χ2n) is 5.49. The van der Waals surface area contributed by atoms with Crippen LogP contribution in [0, 0.1) is 13.8 Å². The Kier molecular flexibility index (Phi) is 2.70. The molecule has 0 radical (unpaired) electrons. The van der Waals surface area contributed by atoms with Crippen LogP contribution in [0.3, 0.4) is 0 Å². The van der Waals surface area contributed by atoms with E-state index in [0.717, 1.165) is 12.0 Å². The standard InChI is InChI=1S/C18H18O/c1-11-8-14(18-10-13(18)3)4-6-16(11)17-7-5-15(19)9-12(17)2/h4-9,18-19H,3,10H2,1-2H3. The topological polar surface area (TPSA) is 20.2 Å². The molecule has 1 aliphatic carbocycles. The molecular formula is C18H18O. The Morgan fingerprint density at radius 3 is 2.11 bits per heavy atom. The maximum atomic E-state index is 9.50. The van der Waals surface area contributed by atoms with Crippen LogP contribution in [0.2, 0.25) is 0 Å². The molecule has 2 aromatic rings. The van der Waals surface area contributed by atoms with Gasteiger partial charge in [0.2, 0.25) is 0 Å². The van der Waals surface area contributed by atoms with Crippen LogP contribution >= 0.6 is 0 Å². The van der Waals surface area contributed by atoms with Gasteiger partial charge in [-0.15, -0.1) is 0 Å². The van der Waals surface area contributed by atoms with Crippen molar-refractivity contribution in [3.05, 3.63) is 65.2 Å². The van der Waals surface area contributed by atoms with Crippen molar-refractivity contribution >= 4 is 0 Å². The largest absolute Gasteiger partial charge is 0.508 e. The van der Waals surface area contributed by atoms with Gasteiger partial charge in [-0.1, -0.05) is 36.4 Å². The number of rotatable bonds is 2. The highest BCUT2D eigenvalue weighted by molar-refractivity contribution is 5.71. The van der Waals surface area contributed by atoms with Crippen molar-refractivity contribution in [2.24, 2.45) is 0 Å². The van der Waals surface area contributed by atoms with E-state index in [2.05, 4.69) is 31.7 Å². The molecule has 1 aliphatic rings. The van der Waals surface area contributed by atoms with Crippen molar-refractivity contribution in [2.75, 3.05) is 0 Å². The normalized spacial score (nSPS) is 17.6. The molecule has 1 saturated carbocycles. The summed E-state index contributed by atoms with van der Waals surface area (Å²) in [6.07, 6.45) is 1.14. The summed E-state index contributed by atoms with van der Waals surface area (Å²) < 4.78 is 0. The Bertz CT molecular complexity index is 667. The molecule has 0 aliphatic heterocycles. The first-order valence-electron chi connectivity index (χ1n) is 6.64. The number of hydrogen-bond donors (Lipinski definition) is 1. The van der Waals surface area contributed by atoms with Crippen LogP contribution in [0.15, 0.2) is 48.6 Å². The minimum atomic E-state index is 0.324. The van der Waals surface area contributed by atoms with Gasteiger partial charge in [-0.3, -0.25) is 0 Å². The lowest BCUT2D eigenvalue weighted by Gasteiger charge is -2.11. The predicted molar refractivity (Wildman–Crippen MR) is 79.5 cm³/mol. The van der Waals surface area contributed by atoms with Crippen LogP contribution in [0.25, 0.3) is 11.1 Å². The number of phenols is 1. The van der Waals surface area contributed by atoms with Gasteiger partial charge in [-0.25, -0.2) is 0 Å². The van der Waals surface area contributed by atoms with E-state index in [1.807, 2.05) is 19.1 Å². The molecule has 1 unspecified atom stereocenters. The zero-order chi connectivity index (χ0) is 13.6. The van der Waals surface area contributed by atoms with E-state index in [-0.39, 0.29) is 0 Å². The summed E-state index contributed by atoms with van der Waals surface area (Å²) in [4.78, 5) is 0. The molecule has 1 nitrogen and oxygen atoms in total. The molecule has 0 amide bonds. The van der Waals surface area contributed by atoms with Crippen molar-refractivity contribution in [2.45, 2.75) is 26.2 Å². The average Bonchev–Trinajstić information content (AvgIpc) is 3.07. The summed E-state index contributed by atoms with van der Waals surface area (Å²) in [6.45, 7) is 8.21. The number of benzene rings is 2. The maximum Gasteiger partial charge on any atom is 0.115 e. The fraction of sp³-hybridized carbons (Fsp3) is 0.222. The molecule has 1 atom stereocenters. The van der Waals surface area contributed by atoms with Crippen LogP contribution in [-0.2, 0) is 0 Å². The summed E-state index contributed by atoms with van der Waals surface area (Å²) in [7, 11) is 0. The molecule has 0 bridgehead atoms. The van der Waals surface area contributed by atoms with Gasteiger partial charge in [0, 0.05) is 5.92 Å². The summed E-state index contributed by atoms with van der Waals surface area (Å²) in [6, 6.07) is 12.2. The summed E-state index contributed by atoms with van der Waals surface area (Å²) >= 11 is 0. The molecule has 0 saturated heterocycles. The van der Waals surface area contributed by atoms with Crippen LogP contribution in [0.1, 0.15) is 29.0 Å². The van der Waals surface area contributed by atoms with Crippen LogP contribution < -0.4 is 0 Å². The average molecular weight is 250 g/mol. The van der Waals surface area contributed by atoms with E-state index in [1.54, 1.807) is 6.07 Å². The third kappa shape index (κ3) is 2.17. The van der Waals surface area contributed by atoms with E-state index >= 15 is 0 Å². The third-order valence-electron chi connectivity index (χ3n) is 3.95. The fourth-order valence-electron chi connectivity index (χ4n) is 2.71. The number of phenolic OH excluding ortho intramolecular Hbond substituents is 1. The molecule has 1 heteroatoms. The van der Waals surface area contributed by atoms with E-state index in [1.165, 1.54) is 27.8 Å². The number of aryl methyl sites for hydroxylation is 2. The zero-order valence-corrected chi connectivity index (χ0v) is 11.4. The van der Waals surface area contributed by atoms with Crippen molar-refractivity contribution in [3.8, 4) is 16.9 Å². The summed E-state index contributed by atoms with van der Waals surface area (Å²) in [5, 5.41) is 9.50. The lowest BCUT2D eigenvalue weighted by Crippen LogP contribution is -1.89. The second kappa shape index (κ2) is 4.27. The summed E-state index contributed by atoms with van der Waals surface area (Å²) in [5.74, 6) is 0.901. The molecule has 2 aromatic carbocycles. The Morgan fingerprint density at radius 2 is 1.58 bits per heavy atom. The Labute approximate surface area is 114 Å². The highest BCUT2D eigenvalue weighted by Crippen LogP contribution is 2.46. The van der Waals surface area contributed by atoms with Crippen LogP contribution in [0.4, 0.5) is 0 Å². The first-order chi connectivity index (χ1) is 9.06. The first kappa shape index (κ1) is 12.0. The molecule has 0 spiro atoms. The minimum absolute atomic E-state index is 0.324. The molecule has 1 N–H and O–H groups in total. The first-order valence-corrected chi connectivity index (χ1v) is 6.64. The highest BCUT2D eigenvalue weighted by Gasteiger charge is 2.29. The maximum absolute atomic E-state index is 9.50. The number of allylic oxidation sites excluding steroid dienone is 1. The molecule has 0 heterocycles. The Morgan fingerprint density at radius 1 is 1.00 bits per heavy atom. The van der Waals surface area contributed by atoms with Crippen molar-refractivity contribution in [3.63, 3.8) is 0 Å². The SMILES string of the molecule is C=C1CC1c1ccc(-c2ccc(O)cc2C)c(C)c1. The van der Waals surface area contributed by atoms with Gasteiger partial charge in [0.1, 0.15) is 5.75 Å². The third-order valence-corrected chi connectivity index (χ3v) is 3.95. The highest BCUT2D eigenvalue weighted by atomic mass is 16.3. The van der Waals surface area contributed by atoms with Crippen LogP contribution in [-0.4, -0.2) is 5.11 Å². The molecular weight excluding hydrogens is 232 g/mol. The quantitative estimate of drug-likeness (QED) is 0.765. The van der Waals surface area contributed by atoms with E-state index in [0.29, 0.717) is 11.7 Å². The predicted octanol–water partition coefficient (Wildman–Crippen LogP) is 4.72. The fourth-order valence-corrected chi connectivity index (χ4v) is 2.71. The molecule has 0 aromatic heterocycles. The van der Waals surface area contributed by atoms with Gasteiger partial charge in [0.25, 0.3) is 0 Å². The molecule has 3 rings (SSSR count). The van der Waals surface area contributed by atoms with Gasteiger partial charge >= 0.3 is 0 Å². The minimum Gasteiger partial charge on any atom is -0.508 e. The summed E-state index contributed by atoms with van der Waals surface area (Å²) in [5.41, 5.74) is 7.54. The van der Waals surface area contributed by atoms with Gasteiger partial charge < -0.3 is 5.11 Å². The van der Waals surface area contributed by atoms with Gasteiger partial charge in [0.05, 0.1) is 0 Å². The zero-order valence-electron chi connectivity index (χ0n) is 11.4. The smallest absolute Gasteiger partial charge is 0.115 e. The molecule has 19 heavy (non-hydrogen) atoms. The van der Waals surface area contributed by atoms with Crippen molar-refractivity contribution in [1.82, 2.24) is 0 Å². The van der Waals surface area contributed by atoms with Crippen molar-refractivity contribution in [1.29, 1.82) is 0 Å². The molecule has 96 valence electrons.